The quantitative estimate of drug-likeness (QED) is 0.893. The molecule has 0 saturated carbocycles. The van der Waals surface area contributed by atoms with Crippen molar-refractivity contribution < 1.29 is 0 Å². The van der Waals surface area contributed by atoms with E-state index in [-0.39, 0.29) is 0 Å². The van der Waals surface area contributed by atoms with Gasteiger partial charge in [0.15, 0.2) is 0 Å². The fraction of sp³-hybridized carbons (Fsp3) is 0.647. The molecular weight excluding hydrogens is 268 g/mol. The van der Waals surface area contributed by atoms with Gasteiger partial charge in [0.05, 0.1) is 0 Å². The van der Waals surface area contributed by atoms with E-state index in [1.54, 1.807) is 0 Å². The molecule has 2 nitrogen and oxygen atoms in total. The molecule has 1 aliphatic rings. The summed E-state index contributed by atoms with van der Waals surface area (Å²) in [5.74, 6) is 0. The second-order valence-electron chi connectivity index (χ2n) is 6.20. The molecule has 0 bridgehead atoms. The van der Waals surface area contributed by atoms with Gasteiger partial charge in [-0.05, 0) is 70.8 Å². The van der Waals surface area contributed by atoms with Gasteiger partial charge in [0.25, 0.3) is 0 Å². The van der Waals surface area contributed by atoms with Crippen molar-refractivity contribution in [3.63, 3.8) is 0 Å². The van der Waals surface area contributed by atoms with Crippen LogP contribution in [0.15, 0.2) is 24.3 Å². The Labute approximate surface area is 128 Å². The van der Waals surface area contributed by atoms with E-state index in [1.807, 2.05) is 12.1 Å². The van der Waals surface area contributed by atoms with Crippen LogP contribution in [-0.2, 0) is 0 Å². The lowest BCUT2D eigenvalue weighted by molar-refractivity contribution is 0.228. The summed E-state index contributed by atoms with van der Waals surface area (Å²) in [6.07, 6.45) is 3.82. The van der Waals surface area contributed by atoms with Crippen LogP contribution in [0, 0.1) is 0 Å². The SMILES string of the molecule is CC(C)N1CCCC(N[C@H](C)c2ccc(Cl)cc2)CC1. The maximum Gasteiger partial charge on any atom is 0.0406 e. The minimum absolute atomic E-state index is 0.392. The zero-order valence-electron chi connectivity index (χ0n) is 12.9. The molecule has 1 saturated heterocycles. The van der Waals surface area contributed by atoms with Gasteiger partial charge in [-0.15, -0.1) is 0 Å². The van der Waals surface area contributed by atoms with E-state index < -0.39 is 0 Å². The van der Waals surface area contributed by atoms with Crippen LogP contribution in [0.2, 0.25) is 5.02 Å². The predicted molar refractivity (Wildman–Crippen MR) is 87.4 cm³/mol. The Bertz CT molecular complexity index is 402. The molecule has 0 spiro atoms. The first kappa shape index (κ1) is 15.8. The number of hydrogen-bond donors (Lipinski definition) is 1. The molecule has 112 valence electrons. The highest BCUT2D eigenvalue weighted by molar-refractivity contribution is 6.30. The lowest BCUT2D eigenvalue weighted by Gasteiger charge is -2.25. The third kappa shape index (κ3) is 4.47. The molecule has 1 fully saturated rings. The molecule has 20 heavy (non-hydrogen) atoms. The molecule has 1 unspecified atom stereocenters. The minimum Gasteiger partial charge on any atom is -0.307 e. The van der Waals surface area contributed by atoms with Gasteiger partial charge in [-0.2, -0.15) is 0 Å². The number of nitrogens with zero attached hydrogens (tertiary/aromatic N) is 1. The topological polar surface area (TPSA) is 15.3 Å². The van der Waals surface area contributed by atoms with Crippen LogP contribution in [0.4, 0.5) is 0 Å². The van der Waals surface area contributed by atoms with E-state index >= 15 is 0 Å². The second-order valence-corrected chi connectivity index (χ2v) is 6.63. The number of benzene rings is 1. The molecule has 1 aromatic rings. The van der Waals surface area contributed by atoms with E-state index in [2.05, 4.69) is 43.1 Å². The predicted octanol–water partition coefficient (Wildman–Crippen LogP) is 4.25. The van der Waals surface area contributed by atoms with Crippen LogP contribution in [0.5, 0.6) is 0 Å². The van der Waals surface area contributed by atoms with Crippen LogP contribution in [-0.4, -0.2) is 30.1 Å². The fourth-order valence-corrected chi connectivity index (χ4v) is 3.13. The lowest BCUT2D eigenvalue weighted by atomic mass is 10.0. The van der Waals surface area contributed by atoms with Crippen molar-refractivity contribution in [1.29, 1.82) is 0 Å². The van der Waals surface area contributed by atoms with Crippen LogP contribution >= 0.6 is 11.6 Å². The van der Waals surface area contributed by atoms with Crippen molar-refractivity contribution in [2.45, 2.75) is 58.2 Å². The van der Waals surface area contributed by atoms with Gasteiger partial charge in [-0.3, -0.25) is 0 Å². The minimum atomic E-state index is 0.392. The largest absolute Gasteiger partial charge is 0.307 e. The van der Waals surface area contributed by atoms with Crippen LogP contribution in [0.1, 0.15) is 51.6 Å². The summed E-state index contributed by atoms with van der Waals surface area (Å²) < 4.78 is 0. The molecule has 2 rings (SSSR count). The summed E-state index contributed by atoms with van der Waals surface area (Å²) in [4.78, 5) is 2.59. The molecule has 1 aromatic carbocycles. The highest BCUT2D eigenvalue weighted by atomic mass is 35.5. The van der Waals surface area contributed by atoms with Crippen molar-refractivity contribution in [2.75, 3.05) is 13.1 Å². The van der Waals surface area contributed by atoms with Gasteiger partial charge in [0, 0.05) is 23.1 Å². The third-order valence-corrected chi connectivity index (χ3v) is 4.60. The zero-order chi connectivity index (χ0) is 14.5. The number of likely N-dealkylation sites (tertiary alicyclic amines) is 1. The maximum atomic E-state index is 5.95. The Balaban J connectivity index is 1.88. The highest BCUT2D eigenvalue weighted by Crippen LogP contribution is 2.20. The van der Waals surface area contributed by atoms with Gasteiger partial charge >= 0.3 is 0 Å². The van der Waals surface area contributed by atoms with Crippen LogP contribution in [0.25, 0.3) is 0 Å². The highest BCUT2D eigenvalue weighted by Gasteiger charge is 2.20. The number of hydrogen-bond acceptors (Lipinski definition) is 2. The molecule has 0 amide bonds. The van der Waals surface area contributed by atoms with E-state index in [1.165, 1.54) is 37.9 Å². The summed E-state index contributed by atoms with van der Waals surface area (Å²) in [6.45, 7) is 9.29. The van der Waals surface area contributed by atoms with Crippen molar-refractivity contribution in [3.8, 4) is 0 Å². The standard InChI is InChI=1S/C17H27ClN2/c1-13(2)20-11-4-5-17(10-12-20)19-14(3)15-6-8-16(18)9-7-15/h6-9,13-14,17,19H,4-5,10-12H2,1-3H3/t14-,17?/m1/s1. The normalized spacial score (nSPS) is 22.8. The van der Waals surface area contributed by atoms with E-state index in [0.29, 0.717) is 18.1 Å². The Kier molecular flexibility index (Phi) is 5.88. The first-order chi connectivity index (χ1) is 9.56. The van der Waals surface area contributed by atoms with Crippen LogP contribution < -0.4 is 5.32 Å². The summed E-state index contributed by atoms with van der Waals surface area (Å²) in [7, 11) is 0. The van der Waals surface area contributed by atoms with Gasteiger partial charge < -0.3 is 10.2 Å². The molecular formula is C17H27ClN2. The van der Waals surface area contributed by atoms with Crippen molar-refractivity contribution in [1.82, 2.24) is 10.2 Å². The van der Waals surface area contributed by atoms with E-state index in [4.69, 9.17) is 11.6 Å². The zero-order valence-corrected chi connectivity index (χ0v) is 13.7. The Morgan fingerprint density at radius 1 is 1.10 bits per heavy atom. The number of nitrogens with one attached hydrogen (secondary N) is 1. The van der Waals surface area contributed by atoms with Gasteiger partial charge in [0.1, 0.15) is 0 Å². The third-order valence-electron chi connectivity index (χ3n) is 4.35. The molecule has 0 aliphatic carbocycles. The molecule has 2 atom stereocenters. The molecule has 1 heterocycles. The first-order valence-electron chi connectivity index (χ1n) is 7.82. The average molecular weight is 295 g/mol. The molecule has 3 heteroatoms. The lowest BCUT2D eigenvalue weighted by Crippen LogP contribution is -2.34. The van der Waals surface area contributed by atoms with Gasteiger partial charge in [-0.25, -0.2) is 0 Å². The summed E-state index contributed by atoms with van der Waals surface area (Å²) in [5, 5.41) is 4.59. The second kappa shape index (κ2) is 7.44. The Morgan fingerprint density at radius 2 is 1.80 bits per heavy atom. The first-order valence-corrected chi connectivity index (χ1v) is 8.19. The molecule has 1 N–H and O–H groups in total. The summed E-state index contributed by atoms with van der Waals surface area (Å²) >= 11 is 5.95. The summed E-state index contributed by atoms with van der Waals surface area (Å²) in [6, 6.07) is 9.88. The molecule has 0 aromatic heterocycles. The average Bonchev–Trinajstić information content (AvgIpc) is 2.65. The van der Waals surface area contributed by atoms with E-state index in [0.717, 1.165) is 5.02 Å². The summed E-state index contributed by atoms with van der Waals surface area (Å²) in [5.41, 5.74) is 1.32. The van der Waals surface area contributed by atoms with E-state index in [9.17, 15) is 0 Å². The van der Waals surface area contributed by atoms with Gasteiger partial charge in [-0.1, -0.05) is 23.7 Å². The van der Waals surface area contributed by atoms with Crippen molar-refractivity contribution >= 4 is 11.6 Å². The van der Waals surface area contributed by atoms with Crippen molar-refractivity contribution in [2.24, 2.45) is 0 Å². The maximum absolute atomic E-state index is 5.95. The molecule has 0 radical (unpaired) electrons. The monoisotopic (exact) mass is 294 g/mol. The molecule has 1 aliphatic heterocycles. The van der Waals surface area contributed by atoms with Gasteiger partial charge in [0.2, 0.25) is 0 Å². The van der Waals surface area contributed by atoms with Crippen molar-refractivity contribution in [3.05, 3.63) is 34.9 Å². The smallest absolute Gasteiger partial charge is 0.0406 e. The Hall–Kier alpha value is -0.570. The Morgan fingerprint density at radius 3 is 2.45 bits per heavy atom. The number of rotatable bonds is 4. The van der Waals surface area contributed by atoms with Crippen LogP contribution in [0.3, 0.4) is 0 Å². The number of halogens is 1. The fourth-order valence-electron chi connectivity index (χ4n) is 3.00.